The molecular weight excluding hydrogens is 689 g/mol. The second-order valence-corrected chi connectivity index (χ2v) is 18.5. The monoisotopic (exact) mass is 714 g/mol. The zero-order chi connectivity index (χ0) is 34.2. The molecule has 0 bridgehead atoms. The Hall–Kier alpha value is -4.88. The third-order valence-corrected chi connectivity index (χ3v) is 14.5. The van der Waals surface area contributed by atoms with Gasteiger partial charge in [0.15, 0.2) is 0 Å². The van der Waals surface area contributed by atoms with E-state index in [1.54, 1.807) is 24.3 Å². The second-order valence-electron chi connectivity index (χ2n) is 10.7. The molecule has 0 aliphatic heterocycles. The summed E-state index contributed by atoms with van der Waals surface area (Å²) >= 11 is 0. The first-order chi connectivity index (χ1) is 22.8. The summed E-state index contributed by atoms with van der Waals surface area (Å²) in [5.41, 5.74) is -0.0627. The Morgan fingerprint density at radius 3 is 0.604 bits per heavy atom. The van der Waals surface area contributed by atoms with Crippen molar-refractivity contribution in [1.29, 1.82) is 0 Å². The standard InChI is InChI=1S/C36H26O8S4/c37-45(38,29-13-5-1-6-14-29)33-21-27(22-34(25-33)46(39,40)30-15-7-2-8-16-30)28-23-35(47(41,42)31-17-9-3-10-18-31)26-36(24-28)48(43,44)32-19-11-4-12-20-32/h1-26H. The van der Waals surface area contributed by atoms with Gasteiger partial charge in [-0.2, -0.15) is 0 Å². The minimum atomic E-state index is -4.30. The lowest BCUT2D eigenvalue weighted by atomic mass is 10.1. The Morgan fingerprint density at radius 1 is 0.229 bits per heavy atom. The van der Waals surface area contributed by atoms with Gasteiger partial charge in [0.05, 0.1) is 39.2 Å². The Morgan fingerprint density at radius 2 is 0.417 bits per heavy atom. The molecule has 0 heterocycles. The molecule has 0 spiro atoms. The van der Waals surface area contributed by atoms with E-state index in [2.05, 4.69) is 0 Å². The van der Waals surface area contributed by atoms with Gasteiger partial charge in [-0.05, 0) is 96.1 Å². The van der Waals surface area contributed by atoms with Gasteiger partial charge in [0.1, 0.15) is 0 Å². The van der Waals surface area contributed by atoms with Crippen LogP contribution >= 0.6 is 0 Å². The van der Waals surface area contributed by atoms with Gasteiger partial charge >= 0.3 is 0 Å². The number of hydrogen-bond donors (Lipinski definition) is 0. The predicted octanol–water partition coefficient (Wildman–Crippen LogP) is 6.68. The fraction of sp³-hybridized carbons (Fsp3) is 0. The van der Waals surface area contributed by atoms with E-state index in [9.17, 15) is 33.7 Å². The van der Waals surface area contributed by atoms with Crippen molar-refractivity contribution in [3.05, 3.63) is 158 Å². The molecule has 48 heavy (non-hydrogen) atoms. The van der Waals surface area contributed by atoms with Crippen LogP contribution in [0.3, 0.4) is 0 Å². The molecule has 0 N–H and O–H groups in total. The van der Waals surface area contributed by atoms with Crippen LogP contribution < -0.4 is 0 Å². The van der Waals surface area contributed by atoms with Crippen LogP contribution in [0.4, 0.5) is 0 Å². The van der Waals surface area contributed by atoms with Crippen molar-refractivity contribution < 1.29 is 33.7 Å². The van der Waals surface area contributed by atoms with Crippen molar-refractivity contribution in [2.24, 2.45) is 0 Å². The quantitative estimate of drug-likeness (QED) is 0.162. The Labute approximate surface area is 279 Å². The Bertz CT molecular complexity index is 2210. The molecule has 0 aliphatic rings. The number of benzene rings is 6. The lowest BCUT2D eigenvalue weighted by Gasteiger charge is -2.15. The molecule has 242 valence electrons. The van der Waals surface area contributed by atoms with Crippen molar-refractivity contribution in [2.45, 2.75) is 39.2 Å². The molecule has 0 saturated heterocycles. The van der Waals surface area contributed by atoms with Crippen LogP contribution in [0.1, 0.15) is 0 Å². The van der Waals surface area contributed by atoms with E-state index in [0.717, 1.165) is 12.1 Å². The lowest BCUT2D eigenvalue weighted by molar-refractivity contribution is 0.590. The molecule has 6 rings (SSSR count). The van der Waals surface area contributed by atoms with Crippen LogP contribution in [-0.2, 0) is 39.3 Å². The third-order valence-electron chi connectivity index (χ3n) is 7.55. The normalized spacial score (nSPS) is 12.4. The molecule has 0 aromatic heterocycles. The average molecular weight is 715 g/mol. The fourth-order valence-corrected chi connectivity index (χ4v) is 10.6. The summed E-state index contributed by atoms with van der Waals surface area (Å²) in [5.74, 6) is 0. The van der Waals surface area contributed by atoms with Crippen molar-refractivity contribution in [3.8, 4) is 11.1 Å². The van der Waals surface area contributed by atoms with Gasteiger partial charge in [-0.15, -0.1) is 0 Å². The van der Waals surface area contributed by atoms with E-state index in [1.165, 1.54) is 121 Å². The summed E-state index contributed by atoms with van der Waals surface area (Å²) in [6.45, 7) is 0. The molecule has 12 heteroatoms. The van der Waals surface area contributed by atoms with E-state index in [-0.39, 0.29) is 50.3 Å². The first-order valence-corrected chi connectivity index (χ1v) is 20.3. The predicted molar refractivity (Wildman–Crippen MR) is 179 cm³/mol. The second kappa shape index (κ2) is 12.6. The van der Waals surface area contributed by atoms with Gasteiger partial charge in [0.2, 0.25) is 39.3 Å². The molecule has 6 aromatic rings. The van der Waals surface area contributed by atoms with E-state index in [0.29, 0.717) is 0 Å². The summed E-state index contributed by atoms with van der Waals surface area (Å²) in [6.07, 6.45) is 0. The van der Waals surface area contributed by atoms with Crippen molar-refractivity contribution >= 4 is 39.3 Å². The van der Waals surface area contributed by atoms with E-state index < -0.39 is 39.3 Å². The van der Waals surface area contributed by atoms with Crippen LogP contribution in [0.25, 0.3) is 11.1 Å². The summed E-state index contributed by atoms with van der Waals surface area (Å²) in [7, 11) is -17.2. The van der Waals surface area contributed by atoms with Gasteiger partial charge in [-0.25, -0.2) is 33.7 Å². The van der Waals surface area contributed by atoms with E-state index in [1.807, 2.05) is 0 Å². The first kappa shape index (κ1) is 33.0. The summed E-state index contributed by atoms with van der Waals surface area (Å²) in [4.78, 5) is -1.94. The molecule has 8 nitrogen and oxygen atoms in total. The van der Waals surface area contributed by atoms with Crippen LogP contribution in [0.5, 0.6) is 0 Å². The number of sulfone groups is 4. The summed E-state index contributed by atoms with van der Waals surface area (Å²) in [5, 5.41) is 0. The maximum atomic E-state index is 13.9. The zero-order valence-corrected chi connectivity index (χ0v) is 28.2. The van der Waals surface area contributed by atoms with Crippen LogP contribution in [0.15, 0.2) is 197 Å². The maximum Gasteiger partial charge on any atom is 0.206 e. The van der Waals surface area contributed by atoms with Crippen LogP contribution in [0, 0.1) is 0 Å². The summed E-state index contributed by atoms with van der Waals surface area (Å²) < 4.78 is 111. The molecular formula is C36H26O8S4. The van der Waals surface area contributed by atoms with Gasteiger partial charge < -0.3 is 0 Å². The highest BCUT2D eigenvalue weighted by Crippen LogP contribution is 2.36. The maximum absolute atomic E-state index is 13.9. The highest BCUT2D eigenvalue weighted by Gasteiger charge is 2.28. The fourth-order valence-electron chi connectivity index (χ4n) is 5.04. The topological polar surface area (TPSA) is 137 Å². The minimum absolute atomic E-state index is 0.0314. The zero-order valence-electron chi connectivity index (χ0n) is 24.9. The van der Waals surface area contributed by atoms with Crippen LogP contribution in [-0.4, -0.2) is 33.7 Å². The third kappa shape index (κ3) is 6.22. The van der Waals surface area contributed by atoms with Gasteiger partial charge in [-0.1, -0.05) is 72.8 Å². The minimum Gasteiger partial charge on any atom is -0.219 e. The van der Waals surface area contributed by atoms with Crippen molar-refractivity contribution in [1.82, 2.24) is 0 Å². The van der Waals surface area contributed by atoms with Crippen molar-refractivity contribution in [2.75, 3.05) is 0 Å². The Kier molecular flexibility index (Phi) is 8.69. The molecule has 0 unspecified atom stereocenters. The molecule has 0 saturated carbocycles. The summed E-state index contributed by atoms with van der Waals surface area (Å²) in [6, 6.07) is 36.6. The molecule has 0 radical (unpaired) electrons. The van der Waals surface area contributed by atoms with Gasteiger partial charge in [-0.3, -0.25) is 0 Å². The number of rotatable bonds is 9. The van der Waals surface area contributed by atoms with E-state index >= 15 is 0 Å². The highest BCUT2D eigenvalue weighted by molar-refractivity contribution is 7.93. The number of hydrogen-bond acceptors (Lipinski definition) is 8. The van der Waals surface area contributed by atoms with Crippen molar-refractivity contribution in [3.63, 3.8) is 0 Å². The largest absolute Gasteiger partial charge is 0.219 e. The molecule has 0 aliphatic carbocycles. The lowest BCUT2D eigenvalue weighted by Crippen LogP contribution is -2.08. The molecule has 0 fully saturated rings. The smallest absolute Gasteiger partial charge is 0.206 e. The first-order valence-electron chi connectivity index (χ1n) is 14.3. The molecule has 6 aromatic carbocycles. The van der Waals surface area contributed by atoms with Gasteiger partial charge in [0.25, 0.3) is 0 Å². The molecule has 0 atom stereocenters. The Balaban J connectivity index is 1.67. The average Bonchev–Trinajstić information content (AvgIpc) is 3.12. The highest BCUT2D eigenvalue weighted by atomic mass is 32.2. The molecule has 0 amide bonds. The SMILES string of the molecule is O=S(=O)(c1ccccc1)c1cc(-c2cc(S(=O)(=O)c3ccccc3)cc(S(=O)(=O)c3ccccc3)c2)cc(S(=O)(=O)c2ccccc2)c1. The van der Waals surface area contributed by atoms with Gasteiger partial charge in [0, 0.05) is 0 Å². The van der Waals surface area contributed by atoms with E-state index in [4.69, 9.17) is 0 Å². The van der Waals surface area contributed by atoms with Crippen LogP contribution in [0.2, 0.25) is 0 Å².